The third-order valence-corrected chi connectivity index (χ3v) is 3.71. The van der Waals surface area contributed by atoms with Gasteiger partial charge in [-0.2, -0.15) is 0 Å². The van der Waals surface area contributed by atoms with Gasteiger partial charge in [0, 0.05) is 11.1 Å². The lowest BCUT2D eigenvalue weighted by atomic mass is 10.1. The Labute approximate surface area is 130 Å². The number of halogens is 3. The summed E-state index contributed by atoms with van der Waals surface area (Å²) in [6, 6.07) is 11.0. The zero-order valence-electron chi connectivity index (χ0n) is 10.00. The molecule has 0 unspecified atom stereocenters. The summed E-state index contributed by atoms with van der Waals surface area (Å²) in [5, 5.41) is 1.10. The maximum absolute atomic E-state index is 6.06. The van der Waals surface area contributed by atoms with E-state index in [1.165, 1.54) is 0 Å². The van der Waals surface area contributed by atoms with Crippen LogP contribution in [-0.2, 0) is 6.42 Å². The number of ether oxygens (including phenoxy) is 1. The molecule has 2 aromatic rings. The lowest BCUT2D eigenvalue weighted by Crippen LogP contribution is -2.02. The van der Waals surface area contributed by atoms with Crippen LogP contribution < -0.4 is 10.5 Å². The Morgan fingerprint density at radius 2 is 1.84 bits per heavy atom. The minimum Gasteiger partial charge on any atom is -0.455 e. The molecule has 0 aliphatic heterocycles. The van der Waals surface area contributed by atoms with Gasteiger partial charge in [0.05, 0.1) is 9.50 Å². The van der Waals surface area contributed by atoms with E-state index in [-0.39, 0.29) is 0 Å². The third-order valence-electron chi connectivity index (χ3n) is 2.54. The lowest BCUT2D eigenvalue weighted by Gasteiger charge is -2.10. The molecule has 5 heteroatoms. The lowest BCUT2D eigenvalue weighted by molar-refractivity contribution is 0.479. The molecule has 0 aromatic heterocycles. The van der Waals surface area contributed by atoms with E-state index in [1.54, 1.807) is 18.2 Å². The fourth-order valence-electron chi connectivity index (χ4n) is 1.62. The van der Waals surface area contributed by atoms with Crippen molar-refractivity contribution in [3.05, 3.63) is 56.5 Å². The number of hydrogen-bond acceptors (Lipinski definition) is 2. The zero-order valence-corrected chi connectivity index (χ0v) is 13.1. The van der Waals surface area contributed by atoms with Crippen LogP contribution in [0.2, 0.25) is 10.0 Å². The standard InChI is InChI=1S/C14H12BrCl2NO/c15-11-7-9(5-6-18)1-4-13(11)19-14-8-10(16)2-3-12(14)17/h1-4,7-8H,5-6,18H2. The molecule has 0 aliphatic carbocycles. The predicted octanol–water partition coefficient (Wildman–Crippen LogP) is 5.05. The van der Waals surface area contributed by atoms with Crippen molar-refractivity contribution in [2.45, 2.75) is 6.42 Å². The third kappa shape index (κ3) is 3.86. The molecule has 0 heterocycles. The van der Waals surface area contributed by atoms with Gasteiger partial charge < -0.3 is 10.5 Å². The van der Waals surface area contributed by atoms with Crippen molar-refractivity contribution >= 4 is 39.1 Å². The van der Waals surface area contributed by atoms with Crippen LogP contribution in [0.15, 0.2) is 40.9 Å². The van der Waals surface area contributed by atoms with Gasteiger partial charge in [0.1, 0.15) is 11.5 Å². The van der Waals surface area contributed by atoms with E-state index in [0.717, 1.165) is 16.5 Å². The second-order valence-electron chi connectivity index (χ2n) is 3.98. The quantitative estimate of drug-likeness (QED) is 0.827. The highest BCUT2D eigenvalue weighted by Crippen LogP contribution is 2.35. The molecule has 2 rings (SSSR count). The van der Waals surface area contributed by atoms with E-state index in [0.29, 0.717) is 28.1 Å². The fraction of sp³-hybridized carbons (Fsp3) is 0.143. The Morgan fingerprint density at radius 1 is 1.05 bits per heavy atom. The number of nitrogens with two attached hydrogens (primary N) is 1. The van der Waals surface area contributed by atoms with Gasteiger partial charge in [0.15, 0.2) is 0 Å². The summed E-state index contributed by atoms with van der Waals surface area (Å²) in [7, 11) is 0. The van der Waals surface area contributed by atoms with Crippen LogP contribution in [0.3, 0.4) is 0 Å². The largest absolute Gasteiger partial charge is 0.455 e. The fourth-order valence-corrected chi connectivity index (χ4v) is 2.45. The van der Waals surface area contributed by atoms with Gasteiger partial charge in [-0.15, -0.1) is 0 Å². The average Bonchev–Trinajstić information content (AvgIpc) is 2.37. The highest BCUT2D eigenvalue weighted by molar-refractivity contribution is 9.10. The van der Waals surface area contributed by atoms with Crippen LogP contribution in [-0.4, -0.2) is 6.54 Å². The van der Waals surface area contributed by atoms with E-state index < -0.39 is 0 Å². The van der Waals surface area contributed by atoms with Crippen molar-refractivity contribution in [2.75, 3.05) is 6.54 Å². The SMILES string of the molecule is NCCc1ccc(Oc2cc(Cl)ccc2Cl)c(Br)c1. The van der Waals surface area contributed by atoms with Crippen molar-refractivity contribution in [1.29, 1.82) is 0 Å². The molecule has 2 aromatic carbocycles. The van der Waals surface area contributed by atoms with E-state index in [1.807, 2.05) is 18.2 Å². The summed E-state index contributed by atoms with van der Waals surface area (Å²) in [6.45, 7) is 0.618. The maximum Gasteiger partial charge on any atom is 0.147 e. The first kappa shape index (κ1) is 14.7. The highest BCUT2D eigenvalue weighted by atomic mass is 79.9. The monoisotopic (exact) mass is 359 g/mol. The maximum atomic E-state index is 6.06. The average molecular weight is 361 g/mol. The molecule has 0 spiro atoms. The topological polar surface area (TPSA) is 35.2 Å². The first-order valence-corrected chi connectivity index (χ1v) is 7.26. The van der Waals surface area contributed by atoms with Crippen molar-refractivity contribution in [3.63, 3.8) is 0 Å². The molecule has 0 fully saturated rings. The molecular formula is C14H12BrCl2NO. The molecule has 0 saturated heterocycles. The first-order chi connectivity index (χ1) is 9.10. The van der Waals surface area contributed by atoms with E-state index in [9.17, 15) is 0 Å². The van der Waals surface area contributed by atoms with Crippen molar-refractivity contribution in [1.82, 2.24) is 0 Å². The summed E-state index contributed by atoms with van der Waals surface area (Å²) in [4.78, 5) is 0. The molecule has 0 amide bonds. The van der Waals surface area contributed by atoms with Crippen molar-refractivity contribution < 1.29 is 4.74 Å². The van der Waals surface area contributed by atoms with Gasteiger partial charge in [-0.1, -0.05) is 29.3 Å². The smallest absolute Gasteiger partial charge is 0.147 e. The molecule has 19 heavy (non-hydrogen) atoms. The van der Waals surface area contributed by atoms with Crippen LogP contribution in [0, 0.1) is 0 Å². The van der Waals surface area contributed by atoms with Gasteiger partial charge in [0.2, 0.25) is 0 Å². The Hall–Kier alpha value is -0.740. The summed E-state index contributed by atoms with van der Waals surface area (Å²) < 4.78 is 6.62. The van der Waals surface area contributed by atoms with Crippen LogP contribution in [0.1, 0.15) is 5.56 Å². The summed E-state index contributed by atoms with van der Waals surface area (Å²) >= 11 is 15.5. The Kier molecular flexibility index (Phi) is 5.11. The van der Waals surface area contributed by atoms with Gasteiger partial charge in [-0.3, -0.25) is 0 Å². The van der Waals surface area contributed by atoms with Crippen LogP contribution in [0.25, 0.3) is 0 Å². The molecule has 2 N–H and O–H groups in total. The van der Waals surface area contributed by atoms with Gasteiger partial charge in [-0.25, -0.2) is 0 Å². The summed E-state index contributed by atoms with van der Waals surface area (Å²) in [5.74, 6) is 1.21. The molecule has 2 nitrogen and oxygen atoms in total. The van der Waals surface area contributed by atoms with Gasteiger partial charge in [-0.05, 0) is 58.7 Å². The molecule has 0 atom stereocenters. The molecule has 0 bridgehead atoms. The number of benzene rings is 2. The van der Waals surface area contributed by atoms with Crippen molar-refractivity contribution in [2.24, 2.45) is 5.73 Å². The summed E-state index contributed by atoms with van der Waals surface area (Å²) in [6.07, 6.45) is 0.830. The zero-order chi connectivity index (χ0) is 13.8. The molecule has 0 radical (unpaired) electrons. The predicted molar refractivity (Wildman–Crippen MR) is 83.4 cm³/mol. The van der Waals surface area contributed by atoms with E-state index in [4.69, 9.17) is 33.7 Å². The van der Waals surface area contributed by atoms with Gasteiger partial charge >= 0.3 is 0 Å². The number of rotatable bonds is 4. The van der Waals surface area contributed by atoms with Crippen LogP contribution in [0.4, 0.5) is 0 Å². The number of hydrogen-bond donors (Lipinski definition) is 1. The Morgan fingerprint density at radius 3 is 2.53 bits per heavy atom. The molecule has 0 saturated carbocycles. The second-order valence-corrected chi connectivity index (χ2v) is 5.68. The van der Waals surface area contributed by atoms with Crippen LogP contribution in [0.5, 0.6) is 11.5 Å². The highest BCUT2D eigenvalue weighted by Gasteiger charge is 2.08. The first-order valence-electron chi connectivity index (χ1n) is 5.71. The van der Waals surface area contributed by atoms with Gasteiger partial charge in [0.25, 0.3) is 0 Å². The molecular weight excluding hydrogens is 349 g/mol. The molecule has 100 valence electrons. The van der Waals surface area contributed by atoms with Crippen LogP contribution >= 0.6 is 39.1 Å². The molecule has 0 aliphatic rings. The Balaban J connectivity index is 2.25. The van der Waals surface area contributed by atoms with E-state index >= 15 is 0 Å². The second kappa shape index (κ2) is 6.62. The summed E-state index contributed by atoms with van der Waals surface area (Å²) in [5.41, 5.74) is 6.68. The normalized spacial score (nSPS) is 10.5. The van der Waals surface area contributed by atoms with E-state index in [2.05, 4.69) is 15.9 Å². The minimum absolute atomic E-state index is 0.516. The minimum atomic E-state index is 0.516. The van der Waals surface area contributed by atoms with Crippen molar-refractivity contribution in [3.8, 4) is 11.5 Å². The Bertz CT molecular complexity index is 590.